The summed E-state index contributed by atoms with van der Waals surface area (Å²) in [7, 11) is -3.35. The molecule has 0 aliphatic heterocycles. The summed E-state index contributed by atoms with van der Waals surface area (Å²) in [4.78, 5) is 26.7. The van der Waals surface area contributed by atoms with Gasteiger partial charge in [0.2, 0.25) is 0 Å². The van der Waals surface area contributed by atoms with Crippen molar-refractivity contribution in [3.8, 4) is 0 Å². The van der Waals surface area contributed by atoms with Gasteiger partial charge in [-0.05, 0) is 43.4 Å². The van der Waals surface area contributed by atoms with Crippen LogP contribution in [0.5, 0.6) is 0 Å². The molecular weight excluding hydrogens is 460 g/mol. The summed E-state index contributed by atoms with van der Waals surface area (Å²) in [6.07, 6.45) is 9.51. The zero-order chi connectivity index (χ0) is 22.8. The summed E-state index contributed by atoms with van der Waals surface area (Å²) >= 11 is 1.27. The fraction of sp³-hybridized carbons (Fsp3) is 0.478. The molecule has 1 amide bonds. The van der Waals surface area contributed by atoms with Crippen molar-refractivity contribution in [1.29, 1.82) is 0 Å². The number of ether oxygens (including phenoxy) is 1. The molecule has 2 aliphatic rings. The van der Waals surface area contributed by atoms with E-state index in [0.717, 1.165) is 38.5 Å². The molecule has 2 aliphatic carbocycles. The van der Waals surface area contributed by atoms with Crippen LogP contribution >= 0.6 is 11.3 Å². The molecule has 1 atom stereocenters. The predicted octanol–water partition coefficient (Wildman–Crippen LogP) is 4.44. The van der Waals surface area contributed by atoms with Crippen molar-refractivity contribution < 1.29 is 17.9 Å². The van der Waals surface area contributed by atoms with Gasteiger partial charge in [-0.3, -0.25) is 10.1 Å². The van der Waals surface area contributed by atoms with E-state index in [1.807, 2.05) is 0 Å². The average molecular weight is 487 g/mol. The zero-order valence-electron chi connectivity index (χ0n) is 18.1. The molecule has 5 rings (SSSR count). The van der Waals surface area contributed by atoms with Crippen molar-refractivity contribution in [2.24, 2.45) is 0 Å². The van der Waals surface area contributed by atoms with Gasteiger partial charge in [0, 0.05) is 0 Å². The molecular formula is C23H26N4O4S2. The first-order valence-electron chi connectivity index (χ1n) is 11.4. The molecule has 8 nitrogen and oxygen atoms in total. The third-order valence-electron chi connectivity index (χ3n) is 6.42. The first kappa shape index (κ1) is 22.4. The number of amides is 1. The number of anilines is 1. The molecule has 10 heteroatoms. The summed E-state index contributed by atoms with van der Waals surface area (Å²) in [6.45, 7) is 0. The van der Waals surface area contributed by atoms with Crippen LogP contribution in [0.2, 0.25) is 0 Å². The number of carbonyl (C=O) groups excluding carboxylic acids is 1. The van der Waals surface area contributed by atoms with E-state index >= 15 is 0 Å². The molecule has 33 heavy (non-hydrogen) atoms. The number of sulfone groups is 1. The molecule has 174 valence electrons. The highest BCUT2D eigenvalue weighted by Gasteiger charge is 2.32. The van der Waals surface area contributed by atoms with E-state index in [1.54, 1.807) is 30.5 Å². The Balaban J connectivity index is 1.38. The normalized spacial score (nSPS) is 18.7. The topological polar surface area (TPSA) is 111 Å². The van der Waals surface area contributed by atoms with Crippen molar-refractivity contribution in [2.45, 2.75) is 73.7 Å². The first-order valence-corrected chi connectivity index (χ1v) is 13.7. The van der Waals surface area contributed by atoms with Gasteiger partial charge in [0.15, 0.2) is 21.1 Å². The maximum absolute atomic E-state index is 13.2. The fourth-order valence-electron chi connectivity index (χ4n) is 4.65. The molecule has 2 heterocycles. The Kier molecular flexibility index (Phi) is 6.40. The van der Waals surface area contributed by atoms with Gasteiger partial charge in [-0.2, -0.15) is 0 Å². The Morgan fingerprint density at radius 1 is 1.06 bits per heavy atom. The van der Waals surface area contributed by atoms with Gasteiger partial charge in [-0.15, -0.1) is 0 Å². The van der Waals surface area contributed by atoms with Crippen LogP contribution in [0.3, 0.4) is 0 Å². The fourth-order valence-corrected chi connectivity index (χ4v) is 7.28. The van der Waals surface area contributed by atoms with Crippen LogP contribution in [-0.2, 0) is 19.4 Å². The van der Waals surface area contributed by atoms with Crippen LogP contribution in [0.25, 0.3) is 10.3 Å². The average Bonchev–Trinajstić information content (AvgIpc) is 3.59. The van der Waals surface area contributed by atoms with Crippen molar-refractivity contribution >= 4 is 42.6 Å². The molecule has 3 aromatic rings. The van der Waals surface area contributed by atoms with Gasteiger partial charge in [0.05, 0.1) is 22.4 Å². The van der Waals surface area contributed by atoms with E-state index in [0.29, 0.717) is 38.8 Å². The Hall–Kier alpha value is -2.43. The zero-order valence-corrected chi connectivity index (χ0v) is 19.8. The van der Waals surface area contributed by atoms with Crippen molar-refractivity contribution in [3.05, 3.63) is 42.4 Å². The molecule has 0 saturated heterocycles. The minimum Gasteiger partial charge on any atom is -0.360 e. The molecule has 1 aromatic carbocycles. The number of carbonyl (C=O) groups is 1. The van der Waals surface area contributed by atoms with Crippen LogP contribution < -0.4 is 5.32 Å². The third kappa shape index (κ3) is 4.78. The number of fused-ring (bicyclic) bond motifs is 1. The number of benzene rings is 1. The highest BCUT2D eigenvalue weighted by Crippen LogP contribution is 2.33. The van der Waals surface area contributed by atoms with E-state index in [2.05, 4.69) is 20.3 Å². The smallest absolute Gasteiger partial charge is 0.259 e. The maximum Gasteiger partial charge on any atom is 0.259 e. The lowest BCUT2D eigenvalue weighted by Gasteiger charge is -2.22. The largest absolute Gasteiger partial charge is 0.360 e. The molecule has 1 unspecified atom stereocenters. The SMILES string of the molecule is O=C(Nc1nc2cncnc2s1)C(OC1CCCC1)c1ccc(S(=O)(=O)C2CCCC2)cc1. The molecule has 0 spiro atoms. The Bertz CT molecular complexity index is 1200. The minimum atomic E-state index is -3.35. The Morgan fingerprint density at radius 2 is 1.76 bits per heavy atom. The molecule has 2 aromatic heterocycles. The molecule has 0 radical (unpaired) electrons. The van der Waals surface area contributed by atoms with Crippen LogP contribution in [0.4, 0.5) is 5.13 Å². The standard InChI is InChI=1S/C23H26N4O4S2/c28-21(27-23-26-19-13-24-14-25-22(19)32-23)20(31-16-5-1-2-6-16)15-9-11-18(12-10-15)33(29,30)17-7-3-4-8-17/h9-14,16-17,20H,1-8H2,(H,26,27,28). The van der Waals surface area contributed by atoms with E-state index in [-0.39, 0.29) is 17.3 Å². The molecule has 0 bridgehead atoms. The van der Waals surface area contributed by atoms with E-state index < -0.39 is 15.9 Å². The van der Waals surface area contributed by atoms with E-state index in [1.165, 1.54) is 17.7 Å². The second-order valence-electron chi connectivity index (χ2n) is 8.66. The van der Waals surface area contributed by atoms with Gasteiger partial charge in [-0.1, -0.05) is 49.2 Å². The van der Waals surface area contributed by atoms with Crippen LogP contribution in [-0.4, -0.2) is 40.6 Å². The van der Waals surface area contributed by atoms with Crippen LogP contribution in [0.1, 0.15) is 63.0 Å². The van der Waals surface area contributed by atoms with Crippen molar-refractivity contribution in [3.63, 3.8) is 0 Å². The maximum atomic E-state index is 13.2. The summed E-state index contributed by atoms with van der Waals surface area (Å²) in [5, 5.41) is 2.97. The van der Waals surface area contributed by atoms with Crippen LogP contribution in [0.15, 0.2) is 41.7 Å². The van der Waals surface area contributed by atoms with Crippen molar-refractivity contribution in [1.82, 2.24) is 15.0 Å². The Labute approximate surface area is 196 Å². The van der Waals surface area contributed by atoms with Gasteiger partial charge in [0.25, 0.3) is 5.91 Å². The quantitative estimate of drug-likeness (QED) is 0.525. The highest BCUT2D eigenvalue weighted by atomic mass is 32.2. The van der Waals surface area contributed by atoms with E-state index in [4.69, 9.17) is 4.74 Å². The number of aromatic nitrogens is 3. The Morgan fingerprint density at radius 3 is 2.45 bits per heavy atom. The lowest BCUT2D eigenvalue weighted by molar-refractivity contribution is -0.131. The van der Waals surface area contributed by atoms with E-state index in [9.17, 15) is 13.2 Å². The number of nitrogens with one attached hydrogen (secondary N) is 1. The van der Waals surface area contributed by atoms with Gasteiger partial charge < -0.3 is 4.74 Å². The summed E-state index contributed by atoms with van der Waals surface area (Å²) in [5.41, 5.74) is 1.25. The summed E-state index contributed by atoms with van der Waals surface area (Å²) < 4.78 is 32.1. The lowest BCUT2D eigenvalue weighted by Crippen LogP contribution is -2.27. The van der Waals surface area contributed by atoms with Gasteiger partial charge in [-0.25, -0.2) is 23.4 Å². The number of nitrogens with zero attached hydrogens (tertiary/aromatic N) is 3. The van der Waals surface area contributed by atoms with Crippen molar-refractivity contribution in [2.75, 3.05) is 5.32 Å². The predicted molar refractivity (Wildman–Crippen MR) is 126 cm³/mol. The van der Waals surface area contributed by atoms with Crippen LogP contribution in [0, 0.1) is 0 Å². The second kappa shape index (κ2) is 9.44. The molecule has 2 saturated carbocycles. The highest BCUT2D eigenvalue weighted by molar-refractivity contribution is 7.92. The summed E-state index contributed by atoms with van der Waals surface area (Å²) in [5.74, 6) is -0.333. The number of rotatable bonds is 7. The van der Waals surface area contributed by atoms with Gasteiger partial charge in [0.1, 0.15) is 16.7 Å². The third-order valence-corrected chi connectivity index (χ3v) is 9.60. The first-order chi connectivity index (χ1) is 16.0. The second-order valence-corrected chi connectivity index (χ2v) is 11.9. The number of hydrogen-bond acceptors (Lipinski definition) is 8. The minimum absolute atomic E-state index is 0.00359. The number of hydrogen-bond donors (Lipinski definition) is 1. The lowest BCUT2D eigenvalue weighted by atomic mass is 10.1. The summed E-state index contributed by atoms with van der Waals surface area (Å²) in [6, 6.07) is 6.61. The molecule has 1 N–H and O–H groups in total. The number of thiazole rings is 1. The monoisotopic (exact) mass is 486 g/mol. The van der Waals surface area contributed by atoms with Gasteiger partial charge >= 0.3 is 0 Å². The molecule has 2 fully saturated rings.